The maximum absolute atomic E-state index is 12.7. The van der Waals surface area contributed by atoms with Crippen LogP contribution in [0.15, 0.2) is 22.8 Å². The fraction of sp³-hybridized carbons (Fsp3) is 0.737. The number of piperidine rings is 1. The zero-order chi connectivity index (χ0) is 16.5. The molecule has 24 heavy (non-hydrogen) atoms. The number of carbonyl (C=O) groups excluding carboxylic acids is 1. The van der Waals surface area contributed by atoms with E-state index in [9.17, 15) is 4.79 Å². The number of amides is 1. The van der Waals surface area contributed by atoms with Crippen LogP contribution in [0.4, 0.5) is 0 Å². The molecule has 5 nitrogen and oxygen atoms in total. The Morgan fingerprint density at radius 3 is 2.88 bits per heavy atom. The van der Waals surface area contributed by atoms with Gasteiger partial charge in [-0.3, -0.25) is 9.69 Å². The van der Waals surface area contributed by atoms with E-state index < -0.39 is 0 Å². The predicted molar refractivity (Wildman–Crippen MR) is 90.3 cm³/mol. The van der Waals surface area contributed by atoms with Crippen molar-refractivity contribution in [2.24, 2.45) is 17.8 Å². The first-order valence-corrected chi connectivity index (χ1v) is 9.43. The Morgan fingerprint density at radius 2 is 2.17 bits per heavy atom. The van der Waals surface area contributed by atoms with Gasteiger partial charge in [-0.25, -0.2) is 0 Å². The number of carbonyl (C=O) groups is 1. The lowest BCUT2D eigenvalue weighted by molar-refractivity contribution is -0.132. The maximum atomic E-state index is 12.7. The summed E-state index contributed by atoms with van der Waals surface area (Å²) in [4.78, 5) is 15.1. The molecule has 4 atom stereocenters. The summed E-state index contributed by atoms with van der Waals surface area (Å²) in [5.41, 5.74) is 0. The molecule has 0 spiro atoms. The number of ether oxygens (including phenoxy) is 1. The highest BCUT2D eigenvalue weighted by atomic mass is 16.5. The van der Waals surface area contributed by atoms with Crippen molar-refractivity contribution in [3.63, 3.8) is 0 Å². The van der Waals surface area contributed by atoms with E-state index in [1.54, 1.807) is 6.26 Å². The van der Waals surface area contributed by atoms with Crippen molar-refractivity contribution in [1.29, 1.82) is 0 Å². The van der Waals surface area contributed by atoms with Crippen molar-refractivity contribution < 1.29 is 13.9 Å². The summed E-state index contributed by atoms with van der Waals surface area (Å²) in [6.07, 6.45) is 6.21. The molecule has 1 aromatic rings. The van der Waals surface area contributed by atoms with E-state index in [1.807, 2.05) is 12.1 Å². The van der Waals surface area contributed by atoms with E-state index in [0.717, 1.165) is 57.7 Å². The zero-order valence-electron chi connectivity index (χ0n) is 14.4. The van der Waals surface area contributed by atoms with Crippen LogP contribution in [0.3, 0.4) is 0 Å². The molecule has 0 aromatic carbocycles. The van der Waals surface area contributed by atoms with Crippen molar-refractivity contribution in [2.45, 2.75) is 51.3 Å². The van der Waals surface area contributed by atoms with E-state index in [4.69, 9.17) is 9.15 Å². The van der Waals surface area contributed by atoms with Gasteiger partial charge in [0.2, 0.25) is 5.91 Å². The fourth-order valence-corrected chi connectivity index (χ4v) is 4.79. The molecule has 1 amide bonds. The highest BCUT2D eigenvalue weighted by Gasteiger charge is 2.53. The molecular formula is C19H28N2O3. The summed E-state index contributed by atoms with van der Waals surface area (Å²) in [6.45, 7) is 5.85. The first-order chi connectivity index (χ1) is 11.8. The van der Waals surface area contributed by atoms with E-state index in [2.05, 4.69) is 17.1 Å². The second-order valence-corrected chi connectivity index (χ2v) is 7.52. The molecule has 1 saturated carbocycles. The summed E-state index contributed by atoms with van der Waals surface area (Å²) in [7, 11) is 0. The Kier molecular flexibility index (Phi) is 4.63. The molecule has 2 aliphatic heterocycles. The van der Waals surface area contributed by atoms with Gasteiger partial charge in [-0.05, 0) is 50.9 Å². The molecule has 0 bridgehead atoms. The standard InChI is InChI=1S/C19H28N2O3/c1-2-15-17(16-7-11-24-18(15)16)20-19(22)13-5-8-21(9-6-13)12-14-4-3-10-23-14/h3-4,10,13,15-18H,2,5-9,11-12H2,1H3,(H,20,22)/t15-,16+,17+,18-/m0/s1. The molecular weight excluding hydrogens is 304 g/mol. The van der Waals surface area contributed by atoms with Gasteiger partial charge < -0.3 is 14.5 Å². The van der Waals surface area contributed by atoms with Crippen LogP contribution in [0.2, 0.25) is 0 Å². The summed E-state index contributed by atoms with van der Waals surface area (Å²) in [5, 5.41) is 3.36. The predicted octanol–water partition coefficient (Wildman–Crippen LogP) is 2.42. The molecule has 4 rings (SSSR count). The second-order valence-electron chi connectivity index (χ2n) is 7.52. The number of furan rings is 1. The summed E-state index contributed by atoms with van der Waals surface area (Å²) < 4.78 is 11.2. The SMILES string of the molecule is CC[C@H]1[C@@H](NC(=O)C2CCN(Cc3ccco3)CC2)[C@H]2CCO[C@H]21. The van der Waals surface area contributed by atoms with Gasteiger partial charge >= 0.3 is 0 Å². The summed E-state index contributed by atoms with van der Waals surface area (Å²) in [5.74, 6) is 2.50. The molecule has 3 heterocycles. The first kappa shape index (κ1) is 16.2. The number of hydrogen-bond acceptors (Lipinski definition) is 4. The number of rotatable bonds is 5. The normalized spacial score (nSPS) is 33.9. The molecule has 3 aliphatic rings. The number of hydrogen-bond donors (Lipinski definition) is 1. The van der Waals surface area contributed by atoms with Gasteiger partial charge in [0.1, 0.15) is 5.76 Å². The van der Waals surface area contributed by atoms with Gasteiger partial charge in [0.15, 0.2) is 0 Å². The second kappa shape index (κ2) is 6.89. The van der Waals surface area contributed by atoms with Crippen LogP contribution < -0.4 is 5.32 Å². The van der Waals surface area contributed by atoms with E-state index in [0.29, 0.717) is 24.0 Å². The first-order valence-electron chi connectivity index (χ1n) is 9.43. The quantitative estimate of drug-likeness (QED) is 0.900. The minimum Gasteiger partial charge on any atom is -0.468 e. The lowest BCUT2D eigenvalue weighted by atomic mass is 9.65. The van der Waals surface area contributed by atoms with E-state index >= 15 is 0 Å². The Bertz CT molecular complexity index is 551. The van der Waals surface area contributed by atoms with Crippen LogP contribution in [0.25, 0.3) is 0 Å². The van der Waals surface area contributed by atoms with Crippen LogP contribution in [-0.2, 0) is 16.1 Å². The zero-order valence-corrected chi connectivity index (χ0v) is 14.4. The van der Waals surface area contributed by atoms with E-state index in [-0.39, 0.29) is 11.8 Å². The third-order valence-electron chi connectivity index (χ3n) is 6.23. The van der Waals surface area contributed by atoms with Crippen LogP contribution in [-0.4, -0.2) is 42.6 Å². The van der Waals surface area contributed by atoms with Crippen molar-refractivity contribution in [3.8, 4) is 0 Å². The molecule has 132 valence electrons. The van der Waals surface area contributed by atoms with Crippen LogP contribution >= 0.6 is 0 Å². The van der Waals surface area contributed by atoms with Gasteiger partial charge in [0.25, 0.3) is 0 Å². The number of nitrogens with zero attached hydrogens (tertiary/aromatic N) is 1. The fourth-order valence-electron chi connectivity index (χ4n) is 4.79. The van der Waals surface area contributed by atoms with Gasteiger partial charge in [-0.15, -0.1) is 0 Å². The van der Waals surface area contributed by atoms with Gasteiger partial charge in [0, 0.05) is 30.4 Å². The highest BCUT2D eigenvalue weighted by Crippen LogP contribution is 2.45. The van der Waals surface area contributed by atoms with Crippen LogP contribution in [0.5, 0.6) is 0 Å². The maximum Gasteiger partial charge on any atom is 0.223 e. The van der Waals surface area contributed by atoms with Gasteiger partial charge in [-0.2, -0.15) is 0 Å². The number of nitrogens with one attached hydrogen (secondary N) is 1. The Balaban J connectivity index is 1.26. The summed E-state index contributed by atoms with van der Waals surface area (Å²) in [6, 6.07) is 4.29. The van der Waals surface area contributed by atoms with Gasteiger partial charge in [0.05, 0.1) is 18.9 Å². The molecule has 5 heteroatoms. The highest BCUT2D eigenvalue weighted by molar-refractivity contribution is 5.79. The van der Waals surface area contributed by atoms with Crippen molar-refractivity contribution in [2.75, 3.05) is 19.7 Å². The minimum absolute atomic E-state index is 0.164. The Morgan fingerprint density at radius 1 is 1.33 bits per heavy atom. The van der Waals surface area contributed by atoms with E-state index in [1.165, 1.54) is 0 Å². The number of fused-ring (bicyclic) bond motifs is 1. The van der Waals surface area contributed by atoms with Gasteiger partial charge in [-0.1, -0.05) is 6.92 Å². The average Bonchev–Trinajstić information content (AvgIpc) is 3.24. The van der Waals surface area contributed by atoms with Crippen LogP contribution in [0.1, 0.15) is 38.4 Å². The van der Waals surface area contributed by atoms with Crippen molar-refractivity contribution >= 4 is 5.91 Å². The topological polar surface area (TPSA) is 54.7 Å². The third kappa shape index (κ3) is 3.00. The van der Waals surface area contributed by atoms with Crippen molar-refractivity contribution in [1.82, 2.24) is 10.2 Å². The molecule has 1 aromatic heterocycles. The molecule has 1 N–H and O–H groups in total. The monoisotopic (exact) mass is 332 g/mol. The average molecular weight is 332 g/mol. The smallest absolute Gasteiger partial charge is 0.223 e. The third-order valence-corrected chi connectivity index (χ3v) is 6.23. The lowest BCUT2D eigenvalue weighted by Gasteiger charge is -2.48. The Labute approximate surface area is 143 Å². The number of likely N-dealkylation sites (tertiary alicyclic amines) is 1. The molecule has 2 saturated heterocycles. The largest absolute Gasteiger partial charge is 0.468 e. The van der Waals surface area contributed by atoms with Crippen LogP contribution in [0, 0.1) is 17.8 Å². The molecule has 0 unspecified atom stereocenters. The molecule has 1 aliphatic carbocycles. The molecule has 3 fully saturated rings. The summed E-state index contributed by atoms with van der Waals surface area (Å²) >= 11 is 0. The minimum atomic E-state index is 0.164. The lowest BCUT2D eigenvalue weighted by Crippen LogP contribution is -2.62. The Hall–Kier alpha value is -1.33. The van der Waals surface area contributed by atoms with Crippen molar-refractivity contribution in [3.05, 3.63) is 24.2 Å². The molecule has 0 radical (unpaired) electrons.